The Hall–Kier alpha value is -1.03. The van der Waals surface area contributed by atoms with E-state index in [1.54, 1.807) is 12.3 Å². The first kappa shape index (κ1) is 18.3. The fourth-order valence-electron chi connectivity index (χ4n) is 2.50. The molecule has 2 rings (SSSR count). The normalized spacial score (nSPS) is 12.5. The lowest BCUT2D eigenvalue weighted by Crippen LogP contribution is -2.19. The largest absolute Gasteiger partial charge is 0.372 e. The van der Waals surface area contributed by atoms with E-state index in [0.717, 1.165) is 18.5 Å². The summed E-state index contributed by atoms with van der Waals surface area (Å²) in [7, 11) is 0. The predicted octanol–water partition coefficient (Wildman–Crippen LogP) is 5.75. The van der Waals surface area contributed by atoms with Crippen molar-refractivity contribution in [3.63, 3.8) is 0 Å². The number of imidazole rings is 1. The monoisotopic (exact) mass is 354 g/mol. The average Bonchev–Trinajstić information content (AvgIpc) is 3.03. The van der Waals surface area contributed by atoms with Gasteiger partial charge < -0.3 is 9.30 Å². The lowest BCUT2D eigenvalue weighted by Gasteiger charge is -2.19. The van der Waals surface area contributed by atoms with Crippen LogP contribution < -0.4 is 0 Å². The summed E-state index contributed by atoms with van der Waals surface area (Å²) in [5, 5.41) is 1.30. The molecular weight excluding hydrogens is 331 g/mol. The van der Waals surface area contributed by atoms with E-state index in [1.807, 2.05) is 24.7 Å². The van der Waals surface area contributed by atoms with Gasteiger partial charge in [-0.15, -0.1) is 0 Å². The molecule has 0 spiro atoms. The Morgan fingerprint density at radius 3 is 2.78 bits per heavy atom. The Bertz CT molecular complexity index is 572. The Balaban J connectivity index is 1.90. The van der Waals surface area contributed by atoms with E-state index in [0.29, 0.717) is 16.7 Å². The molecule has 1 unspecified atom stereocenters. The number of ether oxygens (including phenoxy) is 1. The summed E-state index contributed by atoms with van der Waals surface area (Å²) in [4.78, 5) is 4.10. The van der Waals surface area contributed by atoms with Crippen LogP contribution in [0.2, 0.25) is 10.0 Å². The van der Waals surface area contributed by atoms with E-state index in [4.69, 9.17) is 27.9 Å². The number of halogens is 2. The Morgan fingerprint density at radius 1 is 1.22 bits per heavy atom. The van der Waals surface area contributed by atoms with Crippen LogP contribution in [-0.4, -0.2) is 15.7 Å². The minimum absolute atomic E-state index is 0.160. The Labute approximate surface area is 148 Å². The molecule has 0 bridgehead atoms. The highest BCUT2D eigenvalue weighted by molar-refractivity contribution is 6.35. The Kier molecular flexibility index (Phi) is 7.93. The molecule has 0 fully saturated rings. The smallest absolute Gasteiger partial charge is 0.0946 e. The summed E-state index contributed by atoms with van der Waals surface area (Å²) in [5.41, 5.74) is 0.972. The summed E-state index contributed by atoms with van der Waals surface area (Å²) in [6.45, 7) is 3.54. The van der Waals surface area contributed by atoms with Gasteiger partial charge in [0, 0.05) is 29.0 Å². The first-order chi connectivity index (χ1) is 11.2. The quantitative estimate of drug-likeness (QED) is 0.508. The molecule has 0 aliphatic rings. The van der Waals surface area contributed by atoms with Gasteiger partial charge in [-0.25, -0.2) is 4.98 Å². The van der Waals surface area contributed by atoms with Crippen LogP contribution >= 0.6 is 23.2 Å². The van der Waals surface area contributed by atoms with Crippen molar-refractivity contribution in [2.45, 2.75) is 58.3 Å². The molecule has 0 saturated heterocycles. The van der Waals surface area contributed by atoms with Crippen LogP contribution in [0.4, 0.5) is 0 Å². The molecule has 0 saturated carbocycles. The van der Waals surface area contributed by atoms with Gasteiger partial charge in [0.25, 0.3) is 0 Å². The van der Waals surface area contributed by atoms with Crippen molar-refractivity contribution in [2.24, 2.45) is 0 Å². The zero-order chi connectivity index (χ0) is 16.5. The van der Waals surface area contributed by atoms with E-state index in [1.165, 1.54) is 25.7 Å². The van der Waals surface area contributed by atoms with Crippen LogP contribution in [0.15, 0.2) is 36.9 Å². The highest BCUT2D eigenvalue weighted by Crippen LogP contribution is 2.22. The van der Waals surface area contributed by atoms with Crippen LogP contribution in [0.3, 0.4) is 0 Å². The molecule has 2 aromatic rings. The van der Waals surface area contributed by atoms with Crippen molar-refractivity contribution < 1.29 is 4.74 Å². The zero-order valence-electron chi connectivity index (χ0n) is 13.5. The molecule has 3 nitrogen and oxygen atoms in total. The van der Waals surface area contributed by atoms with Crippen molar-refractivity contribution in [2.75, 3.05) is 0 Å². The molecule has 1 atom stereocenters. The molecular formula is C18H24Cl2N2O. The van der Waals surface area contributed by atoms with E-state index in [2.05, 4.69) is 16.5 Å². The zero-order valence-corrected chi connectivity index (χ0v) is 15.1. The molecule has 23 heavy (non-hydrogen) atoms. The lowest BCUT2D eigenvalue weighted by molar-refractivity contribution is 0.0221. The number of hydrogen-bond acceptors (Lipinski definition) is 2. The first-order valence-electron chi connectivity index (χ1n) is 8.20. The fraction of sp³-hybridized carbons (Fsp3) is 0.500. The third kappa shape index (κ3) is 6.54. The van der Waals surface area contributed by atoms with Gasteiger partial charge in [0.1, 0.15) is 0 Å². The summed E-state index contributed by atoms with van der Waals surface area (Å²) < 4.78 is 8.19. The molecule has 1 heterocycles. The molecule has 5 heteroatoms. The van der Waals surface area contributed by atoms with Gasteiger partial charge in [-0.05, 0) is 24.1 Å². The predicted molar refractivity (Wildman–Crippen MR) is 96.0 cm³/mol. The van der Waals surface area contributed by atoms with Crippen LogP contribution in [-0.2, 0) is 17.9 Å². The van der Waals surface area contributed by atoms with Gasteiger partial charge >= 0.3 is 0 Å². The highest BCUT2D eigenvalue weighted by Gasteiger charge is 2.11. The number of hydrogen-bond donors (Lipinski definition) is 0. The number of nitrogens with zero attached hydrogens (tertiary/aromatic N) is 2. The maximum atomic E-state index is 6.22. The number of aromatic nitrogens is 2. The van der Waals surface area contributed by atoms with Crippen LogP contribution in [0.5, 0.6) is 0 Å². The van der Waals surface area contributed by atoms with Crippen molar-refractivity contribution >= 4 is 23.2 Å². The second-order valence-electron chi connectivity index (χ2n) is 5.78. The van der Waals surface area contributed by atoms with Crippen molar-refractivity contribution in [1.82, 2.24) is 9.55 Å². The number of benzene rings is 1. The molecule has 1 aromatic heterocycles. The molecule has 0 radical (unpaired) electrons. The first-order valence-corrected chi connectivity index (χ1v) is 8.96. The van der Waals surface area contributed by atoms with Crippen molar-refractivity contribution in [3.8, 4) is 0 Å². The molecule has 126 valence electrons. The molecule has 0 N–H and O–H groups in total. The van der Waals surface area contributed by atoms with E-state index in [9.17, 15) is 0 Å². The lowest BCUT2D eigenvalue weighted by atomic mass is 10.1. The molecule has 0 aliphatic heterocycles. The van der Waals surface area contributed by atoms with E-state index >= 15 is 0 Å². The average molecular weight is 355 g/mol. The van der Waals surface area contributed by atoms with Gasteiger partial charge in [0.05, 0.1) is 19.0 Å². The Morgan fingerprint density at radius 2 is 2.09 bits per heavy atom. The fourth-order valence-corrected chi connectivity index (χ4v) is 2.97. The minimum atomic E-state index is 0.160. The van der Waals surface area contributed by atoms with Gasteiger partial charge in [0.15, 0.2) is 0 Å². The summed E-state index contributed by atoms with van der Waals surface area (Å²) >= 11 is 12.2. The summed E-state index contributed by atoms with van der Waals surface area (Å²) in [6, 6.07) is 5.53. The standard InChI is InChI=1S/C18H24Cl2N2O/c1-2-3-4-5-6-17(12-22-10-9-21-14-22)23-13-15-7-8-16(19)11-18(15)20/h7-11,14,17H,2-6,12-13H2,1H3. The molecule has 0 amide bonds. The van der Waals surface area contributed by atoms with E-state index in [-0.39, 0.29) is 6.10 Å². The third-order valence-electron chi connectivity index (χ3n) is 3.84. The second kappa shape index (κ2) is 9.96. The number of unbranched alkanes of at least 4 members (excludes halogenated alkanes) is 3. The maximum absolute atomic E-state index is 6.22. The summed E-state index contributed by atoms with van der Waals surface area (Å²) in [6.07, 6.45) is 11.8. The summed E-state index contributed by atoms with van der Waals surface area (Å²) in [5.74, 6) is 0. The topological polar surface area (TPSA) is 27.1 Å². The second-order valence-corrected chi connectivity index (χ2v) is 6.62. The third-order valence-corrected chi connectivity index (χ3v) is 4.43. The van der Waals surface area contributed by atoms with Crippen molar-refractivity contribution in [3.05, 3.63) is 52.5 Å². The van der Waals surface area contributed by atoms with Gasteiger partial charge in [-0.1, -0.05) is 61.9 Å². The SMILES string of the molecule is CCCCCCC(Cn1ccnc1)OCc1ccc(Cl)cc1Cl. The van der Waals surface area contributed by atoms with Crippen LogP contribution in [0.25, 0.3) is 0 Å². The van der Waals surface area contributed by atoms with Crippen LogP contribution in [0.1, 0.15) is 44.6 Å². The van der Waals surface area contributed by atoms with Gasteiger partial charge in [0.2, 0.25) is 0 Å². The van der Waals surface area contributed by atoms with Gasteiger partial charge in [-0.2, -0.15) is 0 Å². The van der Waals surface area contributed by atoms with E-state index < -0.39 is 0 Å². The maximum Gasteiger partial charge on any atom is 0.0946 e. The van der Waals surface area contributed by atoms with Crippen molar-refractivity contribution in [1.29, 1.82) is 0 Å². The van der Waals surface area contributed by atoms with Crippen LogP contribution in [0, 0.1) is 0 Å². The highest BCUT2D eigenvalue weighted by atomic mass is 35.5. The molecule has 1 aromatic carbocycles. The van der Waals surface area contributed by atoms with Gasteiger partial charge in [-0.3, -0.25) is 0 Å². The number of rotatable bonds is 10. The molecule has 0 aliphatic carbocycles. The minimum Gasteiger partial charge on any atom is -0.372 e.